The third-order valence-electron chi connectivity index (χ3n) is 3.68. The molecule has 3 aromatic rings. The smallest absolute Gasteiger partial charge is 0.274 e. The van der Waals surface area contributed by atoms with Crippen LogP contribution in [0.15, 0.2) is 39.4 Å². The van der Waals surface area contributed by atoms with E-state index in [2.05, 4.69) is 42.2 Å². The molecule has 4 nitrogen and oxygen atoms in total. The number of aryl methyl sites for hydroxylation is 3. The number of carbonyl (C=O) groups is 1. The van der Waals surface area contributed by atoms with Crippen molar-refractivity contribution in [3.63, 3.8) is 0 Å². The fourth-order valence-electron chi connectivity index (χ4n) is 2.57. The largest absolute Gasteiger partial charge is 0.321 e. The van der Waals surface area contributed by atoms with Gasteiger partial charge in [-0.25, -0.2) is 4.98 Å². The number of hydrogen-bond donors (Lipinski definition) is 1. The van der Waals surface area contributed by atoms with E-state index in [1.807, 2.05) is 55.6 Å². The lowest BCUT2D eigenvalue weighted by molar-refractivity contribution is 0.102. The van der Waals surface area contributed by atoms with Crippen molar-refractivity contribution in [3.8, 4) is 0 Å². The van der Waals surface area contributed by atoms with Crippen molar-refractivity contribution < 1.29 is 4.79 Å². The highest BCUT2D eigenvalue weighted by atomic mass is 79.9. The summed E-state index contributed by atoms with van der Waals surface area (Å²) in [5.74, 6) is -0.172. The number of hydrogen-bond acceptors (Lipinski definition) is 2. The van der Waals surface area contributed by atoms with Crippen molar-refractivity contribution in [1.82, 2.24) is 9.38 Å². The highest BCUT2D eigenvalue weighted by Gasteiger charge is 2.18. The van der Waals surface area contributed by atoms with Crippen LogP contribution in [0.3, 0.4) is 0 Å². The van der Waals surface area contributed by atoms with Crippen molar-refractivity contribution in [1.29, 1.82) is 0 Å². The molecule has 1 aromatic carbocycles. The summed E-state index contributed by atoms with van der Waals surface area (Å²) in [5.41, 5.74) is 4.89. The fraction of sp³-hybridized carbons (Fsp3) is 0.176. The Balaban J connectivity index is 2.04. The molecule has 0 aliphatic rings. The fourth-order valence-corrected chi connectivity index (χ4v) is 3.36. The van der Waals surface area contributed by atoms with Crippen LogP contribution in [0.5, 0.6) is 0 Å². The Morgan fingerprint density at radius 2 is 1.87 bits per heavy atom. The zero-order chi connectivity index (χ0) is 16.7. The summed E-state index contributed by atoms with van der Waals surface area (Å²) in [6, 6.07) is 7.71. The third kappa shape index (κ3) is 3.05. The molecule has 3 rings (SSSR count). The lowest BCUT2D eigenvalue weighted by Gasteiger charge is -2.08. The monoisotopic (exact) mass is 435 g/mol. The Bertz CT molecular complexity index is 931. The lowest BCUT2D eigenvalue weighted by Crippen LogP contribution is -2.15. The first-order chi connectivity index (χ1) is 10.9. The minimum Gasteiger partial charge on any atom is -0.321 e. The maximum atomic E-state index is 12.7. The van der Waals surface area contributed by atoms with Crippen molar-refractivity contribution in [3.05, 3.63) is 61.9 Å². The van der Waals surface area contributed by atoms with Gasteiger partial charge in [0.2, 0.25) is 0 Å². The normalized spacial score (nSPS) is 11.0. The summed E-state index contributed by atoms with van der Waals surface area (Å²) in [7, 11) is 0. The van der Waals surface area contributed by atoms with Gasteiger partial charge in [0.25, 0.3) is 5.91 Å². The van der Waals surface area contributed by atoms with Crippen LogP contribution in [0.2, 0.25) is 0 Å². The number of pyridine rings is 1. The number of rotatable bonds is 2. The molecule has 0 radical (unpaired) electrons. The second-order valence-electron chi connectivity index (χ2n) is 5.50. The molecule has 118 valence electrons. The molecule has 0 fully saturated rings. The van der Waals surface area contributed by atoms with Gasteiger partial charge in [-0.2, -0.15) is 0 Å². The van der Waals surface area contributed by atoms with Gasteiger partial charge in [0.05, 0.1) is 5.69 Å². The predicted octanol–water partition coefficient (Wildman–Crippen LogP) is 5.04. The first-order valence-electron chi connectivity index (χ1n) is 7.09. The van der Waals surface area contributed by atoms with Crippen molar-refractivity contribution >= 4 is 49.1 Å². The molecule has 2 aromatic heterocycles. The Morgan fingerprint density at radius 3 is 2.57 bits per heavy atom. The molecule has 0 bridgehead atoms. The summed E-state index contributed by atoms with van der Waals surface area (Å²) < 4.78 is 3.75. The van der Waals surface area contributed by atoms with Gasteiger partial charge in [-0.05, 0) is 72.1 Å². The van der Waals surface area contributed by atoms with Crippen LogP contribution in [-0.2, 0) is 0 Å². The zero-order valence-corrected chi connectivity index (χ0v) is 16.1. The molecular weight excluding hydrogens is 422 g/mol. The molecule has 0 aliphatic heterocycles. The molecule has 0 saturated heterocycles. The van der Waals surface area contributed by atoms with E-state index in [9.17, 15) is 4.79 Å². The van der Waals surface area contributed by atoms with Gasteiger partial charge >= 0.3 is 0 Å². The van der Waals surface area contributed by atoms with Gasteiger partial charge in [0.1, 0.15) is 11.3 Å². The average molecular weight is 437 g/mol. The van der Waals surface area contributed by atoms with Crippen LogP contribution < -0.4 is 5.32 Å². The molecule has 1 N–H and O–H groups in total. The quantitative estimate of drug-likeness (QED) is 0.611. The van der Waals surface area contributed by atoms with Gasteiger partial charge in [0, 0.05) is 20.8 Å². The summed E-state index contributed by atoms with van der Waals surface area (Å²) in [6.45, 7) is 5.81. The van der Waals surface area contributed by atoms with E-state index in [1.54, 1.807) is 0 Å². The van der Waals surface area contributed by atoms with Crippen LogP contribution in [-0.4, -0.2) is 15.3 Å². The van der Waals surface area contributed by atoms with Crippen LogP contribution in [0.4, 0.5) is 5.69 Å². The molecule has 0 unspecified atom stereocenters. The minimum absolute atomic E-state index is 0.172. The molecule has 2 heterocycles. The highest BCUT2D eigenvalue weighted by molar-refractivity contribution is 9.10. The first-order valence-corrected chi connectivity index (χ1v) is 8.67. The molecule has 6 heteroatoms. The maximum Gasteiger partial charge on any atom is 0.274 e. The molecule has 0 aliphatic carbocycles. The standard InChI is InChI=1S/C17H15Br2N3O/c1-9-7-13(4-5-14(9)19)21-17(23)15-11(3)20-16-10(2)6-12(18)8-22(15)16/h4-8H,1-3H3,(H,21,23). The molecule has 23 heavy (non-hydrogen) atoms. The van der Waals surface area contributed by atoms with Gasteiger partial charge in [-0.3, -0.25) is 9.20 Å². The summed E-state index contributed by atoms with van der Waals surface area (Å²) in [6.07, 6.45) is 1.87. The number of amides is 1. The SMILES string of the molecule is Cc1cc(NC(=O)c2c(C)nc3c(C)cc(Br)cn23)ccc1Br. The van der Waals surface area contributed by atoms with Crippen LogP contribution in [0.25, 0.3) is 5.65 Å². The highest BCUT2D eigenvalue weighted by Crippen LogP contribution is 2.23. The maximum absolute atomic E-state index is 12.7. The third-order valence-corrected chi connectivity index (χ3v) is 5.00. The zero-order valence-electron chi connectivity index (χ0n) is 12.9. The van der Waals surface area contributed by atoms with E-state index in [-0.39, 0.29) is 5.91 Å². The van der Waals surface area contributed by atoms with E-state index in [0.29, 0.717) is 11.4 Å². The number of nitrogens with zero attached hydrogens (tertiary/aromatic N) is 2. The predicted molar refractivity (Wildman–Crippen MR) is 99.2 cm³/mol. The molecule has 1 amide bonds. The van der Waals surface area contributed by atoms with Gasteiger partial charge in [-0.15, -0.1) is 0 Å². The minimum atomic E-state index is -0.172. The van der Waals surface area contributed by atoms with Gasteiger partial charge in [0.15, 0.2) is 0 Å². The Morgan fingerprint density at radius 1 is 1.13 bits per heavy atom. The number of imidazole rings is 1. The van der Waals surface area contributed by atoms with E-state index in [4.69, 9.17) is 0 Å². The average Bonchev–Trinajstić information content (AvgIpc) is 2.79. The second kappa shape index (κ2) is 6.09. The number of nitrogens with one attached hydrogen (secondary N) is 1. The van der Waals surface area contributed by atoms with Crippen molar-refractivity contribution in [2.75, 3.05) is 5.32 Å². The van der Waals surface area contributed by atoms with Crippen molar-refractivity contribution in [2.24, 2.45) is 0 Å². The van der Waals surface area contributed by atoms with E-state index in [1.165, 1.54) is 0 Å². The van der Waals surface area contributed by atoms with Gasteiger partial charge in [-0.1, -0.05) is 15.9 Å². The number of carbonyl (C=O) groups excluding carboxylic acids is 1. The Labute approximate surface area is 151 Å². The van der Waals surface area contributed by atoms with E-state index >= 15 is 0 Å². The second-order valence-corrected chi connectivity index (χ2v) is 7.27. The number of halogens is 2. The van der Waals surface area contributed by atoms with Crippen LogP contribution in [0.1, 0.15) is 27.3 Å². The summed E-state index contributed by atoms with van der Waals surface area (Å²) >= 11 is 6.94. The van der Waals surface area contributed by atoms with E-state index < -0.39 is 0 Å². The lowest BCUT2D eigenvalue weighted by atomic mass is 10.2. The van der Waals surface area contributed by atoms with Gasteiger partial charge < -0.3 is 5.32 Å². The number of aromatic nitrogens is 2. The van der Waals surface area contributed by atoms with E-state index in [0.717, 1.165) is 31.4 Å². The topological polar surface area (TPSA) is 46.4 Å². The van der Waals surface area contributed by atoms with Crippen LogP contribution in [0, 0.1) is 20.8 Å². The molecule has 0 saturated carbocycles. The molecular formula is C17H15Br2N3O. The van der Waals surface area contributed by atoms with Crippen molar-refractivity contribution in [2.45, 2.75) is 20.8 Å². The number of fused-ring (bicyclic) bond motifs is 1. The Hall–Kier alpha value is -1.66. The first kappa shape index (κ1) is 16.2. The number of anilines is 1. The van der Waals surface area contributed by atoms with Crippen LogP contribution >= 0.6 is 31.9 Å². The summed E-state index contributed by atoms with van der Waals surface area (Å²) in [5, 5.41) is 2.95. The molecule has 0 spiro atoms. The molecule has 0 atom stereocenters. The Kier molecular flexibility index (Phi) is 4.29. The summed E-state index contributed by atoms with van der Waals surface area (Å²) in [4.78, 5) is 17.3. The number of benzene rings is 1.